The Hall–Kier alpha value is -3.21. The van der Waals surface area contributed by atoms with Gasteiger partial charge in [-0.05, 0) is 41.1 Å². The van der Waals surface area contributed by atoms with E-state index >= 15 is 0 Å². The number of carboxylic acids is 1. The van der Waals surface area contributed by atoms with E-state index < -0.39 is 5.97 Å². The number of ketones is 1. The smallest absolute Gasteiger partial charge is 0.341 e. The van der Waals surface area contributed by atoms with Gasteiger partial charge < -0.3 is 9.84 Å². The second-order valence-corrected chi connectivity index (χ2v) is 6.41. The molecule has 5 heteroatoms. The van der Waals surface area contributed by atoms with Crippen LogP contribution in [0.25, 0.3) is 10.8 Å². The van der Waals surface area contributed by atoms with Gasteiger partial charge in [0.05, 0.1) is 0 Å². The van der Waals surface area contributed by atoms with Crippen molar-refractivity contribution < 1.29 is 19.4 Å². The average molecular weight is 363 g/mol. The Morgan fingerprint density at radius 2 is 1.85 bits per heavy atom. The number of carboxylic acid groups (broad SMARTS) is 1. The maximum absolute atomic E-state index is 12.9. The summed E-state index contributed by atoms with van der Waals surface area (Å²) in [5, 5.41) is 10.8. The topological polar surface area (TPSA) is 76.5 Å². The maximum atomic E-state index is 12.9. The molecule has 1 aromatic heterocycles. The summed E-state index contributed by atoms with van der Waals surface area (Å²) in [7, 11) is 0. The summed E-state index contributed by atoms with van der Waals surface area (Å²) in [6.07, 6.45) is 4.63. The van der Waals surface area contributed by atoms with Crippen molar-refractivity contribution in [3.05, 3.63) is 72.1 Å². The minimum Gasteiger partial charge on any atom is -0.482 e. The molecule has 3 rings (SSSR count). The molecule has 138 valence electrons. The molecule has 0 aliphatic heterocycles. The molecule has 1 N–H and O–H groups in total. The highest BCUT2D eigenvalue weighted by atomic mass is 16.5. The largest absolute Gasteiger partial charge is 0.482 e. The molecule has 3 aromatic rings. The quantitative estimate of drug-likeness (QED) is 0.654. The fraction of sp³-hybridized carbons (Fsp3) is 0.227. The van der Waals surface area contributed by atoms with Gasteiger partial charge in [-0.2, -0.15) is 0 Å². The molecule has 1 unspecified atom stereocenters. The maximum Gasteiger partial charge on any atom is 0.341 e. The third-order valence-corrected chi connectivity index (χ3v) is 4.53. The van der Waals surface area contributed by atoms with E-state index in [0.29, 0.717) is 18.6 Å². The molecule has 0 radical (unpaired) electrons. The third-order valence-electron chi connectivity index (χ3n) is 4.53. The second-order valence-electron chi connectivity index (χ2n) is 6.41. The van der Waals surface area contributed by atoms with E-state index in [1.165, 1.54) is 0 Å². The van der Waals surface area contributed by atoms with Gasteiger partial charge in [-0.25, -0.2) is 4.79 Å². The molecule has 0 spiro atoms. The van der Waals surface area contributed by atoms with Crippen molar-refractivity contribution in [2.75, 3.05) is 6.61 Å². The van der Waals surface area contributed by atoms with Crippen LogP contribution >= 0.6 is 0 Å². The number of aliphatic carboxylic acids is 1. The number of ether oxygens (including phenoxy) is 1. The van der Waals surface area contributed by atoms with Crippen molar-refractivity contribution in [2.24, 2.45) is 0 Å². The van der Waals surface area contributed by atoms with Crippen LogP contribution < -0.4 is 4.74 Å². The molecule has 27 heavy (non-hydrogen) atoms. The predicted molar refractivity (Wildman–Crippen MR) is 103 cm³/mol. The summed E-state index contributed by atoms with van der Waals surface area (Å²) in [5.41, 5.74) is 1.90. The molecule has 0 bridgehead atoms. The second kappa shape index (κ2) is 8.45. The van der Waals surface area contributed by atoms with Crippen LogP contribution in [0.3, 0.4) is 0 Å². The van der Waals surface area contributed by atoms with Crippen LogP contribution in [-0.2, 0) is 16.0 Å². The van der Waals surface area contributed by atoms with E-state index in [1.807, 2.05) is 49.5 Å². The van der Waals surface area contributed by atoms with Crippen molar-refractivity contribution in [1.29, 1.82) is 0 Å². The van der Waals surface area contributed by atoms with Gasteiger partial charge in [0.1, 0.15) is 11.5 Å². The van der Waals surface area contributed by atoms with Crippen molar-refractivity contribution >= 4 is 22.5 Å². The summed E-state index contributed by atoms with van der Waals surface area (Å²) in [6.45, 7) is 1.61. The molecule has 0 saturated carbocycles. The molecule has 0 amide bonds. The molecule has 0 aliphatic carbocycles. The predicted octanol–water partition coefficient (Wildman–Crippen LogP) is 4.00. The molecular weight excluding hydrogens is 342 g/mol. The lowest BCUT2D eigenvalue weighted by Crippen LogP contribution is -2.14. The van der Waals surface area contributed by atoms with Crippen LogP contribution in [0.15, 0.2) is 60.9 Å². The van der Waals surface area contributed by atoms with E-state index in [2.05, 4.69) is 4.98 Å². The first kappa shape index (κ1) is 18.6. The highest BCUT2D eigenvalue weighted by Gasteiger charge is 2.19. The van der Waals surface area contributed by atoms with Gasteiger partial charge in [0, 0.05) is 30.1 Å². The number of hydrogen-bond acceptors (Lipinski definition) is 4. The van der Waals surface area contributed by atoms with Gasteiger partial charge in [-0.1, -0.05) is 37.3 Å². The van der Waals surface area contributed by atoms with Gasteiger partial charge in [-0.3, -0.25) is 9.78 Å². The van der Waals surface area contributed by atoms with Gasteiger partial charge >= 0.3 is 5.97 Å². The summed E-state index contributed by atoms with van der Waals surface area (Å²) in [5.74, 6) is -0.588. The van der Waals surface area contributed by atoms with E-state index in [-0.39, 0.29) is 18.3 Å². The summed E-state index contributed by atoms with van der Waals surface area (Å²) < 4.78 is 5.14. The number of pyridine rings is 1. The number of Topliss-reactive ketones (excluding diaryl/α,β-unsaturated/α-hetero) is 1. The molecule has 0 aliphatic rings. The van der Waals surface area contributed by atoms with E-state index in [4.69, 9.17) is 9.84 Å². The number of benzene rings is 2. The summed E-state index contributed by atoms with van der Waals surface area (Å²) in [6, 6.07) is 15.0. The lowest BCUT2D eigenvalue weighted by Gasteiger charge is -2.15. The first-order valence-corrected chi connectivity index (χ1v) is 8.86. The summed E-state index contributed by atoms with van der Waals surface area (Å²) >= 11 is 0. The average Bonchev–Trinajstić information content (AvgIpc) is 2.68. The Kier molecular flexibility index (Phi) is 5.81. The first-order valence-electron chi connectivity index (χ1n) is 8.86. The van der Waals surface area contributed by atoms with Crippen LogP contribution in [0.5, 0.6) is 5.75 Å². The molecular formula is C22H21NO4. The SMILES string of the molecule is CCC(C(=O)Cc1ccc2cnccc2c1)c1ccc(OCC(=O)O)cc1. The monoisotopic (exact) mass is 363 g/mol. The molecule has 0 saturated heterocycles. The Balaban J connectivity index is 1.72. The fourth-order valence-corrected chi connectivity index (χ4v) is 3.16. The zero-order valence-corrected chi connectivity index (χ0v) is 15.1. The normalized spacial score (nSPS) is 11.9. The van der Waals surface area contributed by atoms with Crippen LogP contribution in [0, 0.1) is 0 Å². The Labute approximate surface area is 157 Å². The minimum atomic E-state index is -1.02. The van der Waals surface area contributed by atoms with E-state index in [9.17, 15) is 9.59 Å². The fourth-order valence-electron chi connectivity index (χ4n) is 3.16. The standard InChI is InChI=1S/C22H21NO4/c1-2-20(16-5-7-19(8-6-16)27-14-22(25)26)21(24)12-15-3-4-18-13-23-10-9-17(18)11-15/h3-11,13,20H,2,12,14H2,1H3,(H,25,26). The molecule has 1 atom stereocenters. The molecule has 1 heterocycles. The number of fused-ring (bicyclic) bond motifs is 1. The van der Waals surface area contributed by atoms with Crippen LogP contribution in [-0.4, -0.2) is 28.4 Å². The lowest BCUT2D eigenvalue weighted by atomic mass is 9.88. The number of aromatic nitrogens is 1. The van der Waals surface area contributed by atoms with Gasteiger partial charge in [0.25, 0.3) is 0 Å². The highest BCUT2D eigenvalue weighted by Crippen LogP contribution is 2.25. The van der Waals surface area contributed by atoms with Crippen LogP contribution in [0.2, 0.25) is 0 Å². The minimum absolute atomic E-state index is 0.158. The zero-order chi connectivity index (χ0) is 19.2. The van der Waals surface area contributed by atoms with E-state index in [0.717, 1.165) is 21.9 Å². The number of carbonyl (C=O) groups is 2. The highest BCUT2D eigenvalue weighted by molar-refractivity contribution is 5.89. The molecule has 2 aromatic carbocycles. The van der Waals surface area contributed by atoms with Crippen LogP contribution in [0.1, 0.15) is 30.4 Å². The van der Waals surface area contributed by atoms with Crippen molar-refractivity contribution in [1.82, 2.24) is 4.98 Å². The lowest BCUT2D eigenvalue weighted by molar-refractivity contribution is -0.139. The third kappa shape index (κ3) is 4.70. The number of hydrogen-bond donors (Lipinski definition) is 1. The van der Waals surface area contributed by atoms with Gasteiger partial charge in [0.15, 0.2) is 6.61 Å². The van der Waals surface area contributed by atoms with E-state index in [1.54, 1.807) is 18.3 Å². The molecule has 5 nitrogen and oxygen atoms in total. The first-order chi connectivity index (χ1) is 13.1. The summed E-state index contributed by atoms with van der Waals surface area (Å²) in [4.78, 5) is 27.5. The zero-order valence-electron chi connectivity index (χ0n) is 15.1. The van der Waals surface area contributed by atoms with Gasteiger partial charge in [-0.15, -0.1) is 0 Å². The van der Waals surface area contributed by atoms with Crippen LogP contribution in [0.4, 0.5) is 0 Å². The Bertz CT molecular complexity index is 950. The van der Waals surface area contributed by atoms with Crippen molar-refractivity contribution in [3.8, 4) is 5.75 Å². The number of nitrogens with zero attached hydrogens (tertiary/aromatic N) is 1. The number of rotatable bonds is 8. The van der Waals surface area contributed by atoms with Crippen molar-refractivity contribution in [3.63, 3.8) is 0 Å². The van der Waals surface area contributed by atoms with Gasteiger partial charge in [0.2, 0.25) is 0 Å². The molecule has 0 fully saturated rings. The van der Waals surface area contributed by atoms with Crippen molar-refractivity contribution in [2.45, 2.75) is 25.7 Å². The Morgan fingerprint density at radius 1 is 1.07 bits per heavy atom. The number of carbonyl (C=O) groups excluding carboxylic acids is 1. The Morgan fingerprint density at radius 3 is 2.56 bits per heavy atom.